The van der Waals surface area contributed by atoms with E-state index in [4.69, 9.17) is 4.74 Å². The number of likely N-dealkylation sites (N-methyl/N-ethyl adjacent to an activating group) is 1. The number of benzene rings is 2. The molecule has 0 amide bonds. The summed E-state index contributed by atoms with van der Waals surface area (Å²) in [6.07, 6.45) is 3.26. The van der Waals surface area contributed by atoms with Crippen molar-refractivity contribution in [3.8, 4) is 11.5 Å². The molecule has 0 N–H and O–H groups in total. The first-order valence-electron chi connectivity index (χ1n) is 7.24. The summed E-state index contributed by atoms with van der Waals surface area (Å²) in [5.41, 5.74) is 2.60. The molecule has 20 heavy (non-hydrogen) atoms. The summed E-state index contributed by atoms with van der Waals surface area (Å²) in [5, 5.41) is 0. The second kappa shape index (κ2) is 5.68. The minimum absolute atomic E-state index is 0.547. The largest absolute Gasteiger partial charge is 0.457 e. The van der Waals surface area contributed by atoms with Crippen LogP contribution < -0.4 is 4.74 Å². The maximum atomic E-state index is 6.17. The fourth-order valence-corrected chi connectivity index (χ4v) is 2.82. The Bertz CT molecular complexity index is 591. The van der Waals surface area contributed by atoms with Gasteiger partial charge in [-0.2, -0.15) is 0 Å². The third kappa shape index (κ3) is 2.70. The van der Waals surface area contributed by atoms with Gasteiger partial charge in [0.05, 0.1) is 0 Å². The van der Waals surface area contributed by atoms with Gasteiger partial charge in [0.15, 0.2) is 0 Å². The second-order valence-electron chi connectivity index (χ2n) is 5.68. The summed E-state index contributed by atoms with van der Waals surface area (Å²) < 4.78 is 6.17. The van der Waals surface area contributed by atoms with Gasteiger partial charge in [-0.25, -0.2) is 0 Å². The van der Waals surface area contributed by atoms with Crippen LogP contribution in [-0.4, -0.2) is 25.0 Å². The monoisotopic (exact) mass is 267 g/mol. The fraction of sp³-hybridized carbons (Fsp3) is 0.333. The summed E-state index contributed by atoms with van der Waals surface area (Å²) >= 11 is 0. The maximum absolute atomic E-state index is 6.17. The molecule has 0 radical (unpaired) electrons. The van der Waals surface area contributed by atoms with Gasteiger partial charge in [0.2, 0.25) is 0 Å². The van der Waals surface area contributed by atoms with E-state index in [1.54, 1.807) is 0 Å². The Hall–Kier alpha value is -1.80. The Balaban J connectivity index is 2.04. The highest BCUT2D eigenvalue weighted by atomic mass is 16.5. The van der Waals surface area contributed by atoms with E-state index in [1.807, 2.05) is 12.1 Å². The SMILES string of the molecule is CN(C)C1CCc2ccccc2Oc2ccccc2C1. The highest BCUT2D eigenvalue weighted by Crippen LogP contribution is 2.32. The van der Waals surface area contributed by atoms with E-state index >= 15 is 0 Å². The van der Waals surface area contributed by atoms with Crippen molar-refractivity contribution in [2.45, 2.75) is 25.3 Å². The van der Waals surface area contributed by atoms with Crippen molar-refractivity contribution in [3.63, 3.8) is 0 Å². The number of fused-ring (bicyclic) bond motifs is 2. The first-order chi connectivity index (χ1) is 9.74. The Morgan fingerprint density at radius 1 is 0.900 bits per heavy atom. The molecule has 0 saturated heterocycles. The van der Waals surface area contributed by atoms with E-state index < -0.39 is 0 Å². The molecule has 2 nitrogen and oxygen atoms in total. The lowest BCUT2D eigenvalue weighted by molar-refractivity contribution is 0.277. The number of hydrogen-bond acceptors (Lipinski definition) is 2. The van der Waals surface area contributed by atoms with E-state index in [-0.39, 0.29) is 0 Å². The van der Waals surface area contributed by atoms with Crippen LogP contribution in [0.3, 0.4) is 0 Å². The molecule has 1 aliphatic heterocycles. The van der Waals surface area contributed by atoms with Crippen LogP contribution in [0.25, 0.3) is 0 Å². The summed E-state index contributed by atoms with van der Waals surface area (Å²) in [7, 11) is 4.33. The molecule has 0 bridgehead atoms. The van der Waals surface area contributed by atoms with Crippen LogP contribution in [0.1, 0.15) is 17.5 Å². The van der Waals surface area contributed by atoms with Crippen LogP contribution in [0.2, 0.25) is 0 Å². The van der Waals surface area contributed by atoms with Crippen molar-refractivity contribution in [1.82, 2.24) is 4.90 Å². The molecule has 0 aliphatic carbocycles. The van der Waals surface area contributed by atoms with Crippen molar-refractivity contribution in [2.75, 3.05) is 14.1 Å². The van der Waals surface area contributed by atoms with Gasteiger partial charge in [0.25, 0.3) is 0 Å². The number of ether oxygens (including phenoxy) is 1. The van der Waals surface area contributed by atoms with E-state index in [0.29, 0.717) is 6.04 Å². The third-order valence-corrected chi connectivity index (χ3v) is 4.10. The average Bonchev–Trinajstić information content (AvgIpc) is 2.53. The van der Waals surface area contributed by atoms with Crippen LogP contribution in [0.5, 0.6) is 11.5 Å². The number of nitrogens with zero attached hydrogens (tertiary/aromatic N) is 1. The highest BCUT2D eigenvalue weighted by molar-refractivity contribution is 5.42. The minimum atomic E-state index is 0.547. The third-order valence-electron chi connectivity index (χ3n) is 4.10. The molecule has 0 spiro atoms. The Kier molecular flexibility index (Phi) is 3.75. The van der Waals surface area contributed by atoms with Crippen LogP contribution in [0.15, 0.2) is 48.5 Å². The molecule has 0 aromatic heterocycles. The molecule has 0 saturated carbocycles. The van der Waals surface area contributed by atoms with Crippen molar-refractivity contribution in [3.05, 3.63) is 59.7 Å². The molecular formula is C18H21NO. The minimum Gasteiger partial charge on any atom is -0.457 e. The van der Waals surface area contributed by atoms with Gasteiger partial charge in [-0.1, -0.05) is 36.4 Å². The lowest BCUT2D eigenvalue weighted by Gasteiger charge is -2.24. The summed E-state index contributed by atoms with van der Waals surface area (Å²) in [5.74, 6) is 1.99. The molecule has 1 heterocycles. The molecule has 3 rings (SSSR count). The van der Waals surface area contributed by atoms with E-state index in [2.05, 4.69) is 55.4 Å². The maximum Gasteiger partial charge on any atom is 0.130 e. The molecule has 2 aromatic carbocycles. The molecule has 1 atom stereocenters. The van der Waals surface area contributed by atoms with E-state index in [9.17, 15) is 0 Å². The average molecular weight is 267 g/mol. The van der Waals surface area contributed by atoms with Crippen LogP contribution in [0.4, 0.5) is 0 Å². The normalized spacial score (nSPS) is 18.2. The fourth-order valence-electron chi connectivity index (χ4n) is 2.82. The lowest BCUT2D eigenvalue weighted by Crippen LogP contribution is -2.30. The predicted molar refractivity (Wildman–Crippen MR) is 82.5 cm³/mol. The van der Waals surface area contributed by atoms with E-state index in [1.165, 1.54) is 11.1 Å². The Labute approximate surface area is 121 Å². The number of rotatable bonds is 1. The van der Waals surface area contributed by atoms with Gasteiger partial charge < -0.3 is 9.64 Å². The molecule has 104 valence electrons. The smallest absolute Gasteiger partial charge is 0.130 e. The van der Waals surface area contributed by atoms with Crippen LogP contribution in [0, 0.1) is 0 Å². The predicted octanol–water partition coefficient (Wildman–Crippen LogP) is 3.90. The first-order valence-corrected chi connectivity index (χ1v) is 7.24. The lowest BCUT2D eigenvalue weighted by atomic mass is 9.98. The summed E-state index contributed by atoms with van der Waals surface area (Å²) in [4.78, 5) is 2.32. The van der Waals surface area contributed by atoms with Gasteiger partial charge in [-0.3, -0.25) is 0 Å². The molecule has 2 aromatic rings. The molecule has 0 fully saturated rings. The van der Waals surface area contributed by atoms with Gasteiger partial charge >= 0.3 is 0 Å². The summed E-state index contributed by atoms with van der Waals surface area (Å²) in [6, 6.07) is 17.3. The Morgan fingerprint density at radius 2 is 1.50 bits per heavy atom. The second-order valence-corrected chi connectivity index (χ2v) is 5.68. The van der Waals surface area contributed by atoms with Crippen LogP contribution in [-0.2, 0) is 12.8 Å². The van der Waals surface area contributed by atoms with Gasteiger partial charge in [0.1, 0.15) is 11.5 Å². The molecule has 1 unspecified atom stereocenters. The Morgan fingerprint density at radius 3 is 2.20 bits per heavy atom. The number of para-hydroxylation sites is 2. The zero-order valence-corrected chi connectivity index (χ0v) is 12.2. The summed E-state index contributed by atoms with van der Waals surface area (Å²) in [6.45, 7) is 0. The zero-order valence-electron chi connectivity index (χ0n) is 12.2. The number of hydrogen-bond donors (Lipinski definition) is 0. The molecule has 1 aliphatic rings. The highest BCUT2D eigenvalue weighted by Gasteiger charge is 2.19. The molecule has 2 heteroatoms. The van der Waals surface area contributed by atoms with Gasteiger partial charge in [0, 0.05) is 6.04 Å². The van der Waals surface area contributed by atoms with Crippen LogP contribution >= 0.6 is 0 Å². The van der Waals surface area contributed by atoms with Crippen molar-refractivity contribution < 1.29 is 4.74 Å². The van der Waals surface area contributed by atoms with E-state index in [0.717, 1.165) is 30.8 Å². The van der Waals surface area contributed by atoms with Gasteiger partial charge in [-0.05, 0) is 56.6 Å². The van der Waals surface area contributed by atoms with Crippen molar-refractivity contribution in [2.24, 2.45) is 0 Å². The standard InChI is InChI=1S/C18H21NO/c1-19(2)16-12-11-14-7-3-5-9-17(14)20-18-10-6-4-8-15(18)13-16/h3-10,16H,11-13H2,1-2H3. The van der Waals surface area contributed by atoms with Crippen molar-refractivity contribution >= 4 is 0 Å². The topological polar surface area (TPSA) is 12.5 Å². The molecular weight excluding hydrogens is 246 g/mol. The quantitative estimate of drug-likeness (QED) is 0.777. The van der Waals surface area contributed by atoms with Crippen molar-refractivity contribution in [1.29, 1.82) is 0 Å². The first kappa shape index (κ1) is 13.2. The number of aryl methyl sites for hydroxylation is 1. The van der Waals surface area contributed by atoms with Gasteiger partial charge in [-0.15, -0.1) is 0 Å². The zero-order chi connectivity index (χ0) is 13.9.